The third kappa shape index (κ3) is 6.18. The first-order valence-electron chi connectivity index (χ1n) is 6.77. The molecule has 6 heteroatoms. The summed E-state index contributed by atoms with van der Waals surface area (Å²) in [6.07, 6.45) is 2.63. The van der Waals surface area contributed by atoms with Gasteiger partial charge in [0.05, 0.1) is 16.6 Å². The van der Waals surface area contributed by atoms with Crippen molar-refractivity contribution in [2.75, 3.05) is 6.54 Å². The number of carbonyl (C=O) groups excluding carboxylic acids is 1. The normalized spacial score (nSPS) is 12.6. The van der Waals surface area contributed by atoms with Gasteiger partial charge < -0.3 is 10.4 Å². The Morgan fingerprint density at radius 3 is 2.71 bits per heavy atom. The number of aliphatic hydroxyl groups is 1. The van der Waals surface area contributed by atoms with Crippen molar-refractivity contribution < 1.29 is 14.8 Å². The van der Waals surface area contributed by atoms with Crippen LogP contribution in [-0.4, -0.2) is 28.6 Å². The minimum absolute atomic E-state index is 0.0543. The highest BCUT2D eigenvalue weighted by Crippen LogP contribution is 2.18. The molecule has 0 heterocycles. The molecular formula is C15H20N2O4. The molecule has 0 aliphatic heterocycles. The van der Waals surface area contributed by atoms with Crippen LogP contribution in [0.4, 0.5) is 5.69 Å². The van der Waals surface area contributed by atoms with E-state index in [9.17, 15) is 20.0 Å². The van der Waals surface area contributed by atoms with Crippen molar-refractivity contribution >= 4 is 17.7 Å². The van der Waals surface area contributed by atoms with Gasteiger partial charge in [0.15, 0.2) is 0 Å². The second-order valence-electron chi connectivity index (χ2n) is 5.18. The van der Waals surface area contributed by atoms with Gasteiger partial charge in [0.2, 0.25) is 5.91 Å². The molecule has 1 rings (SSSR count). The van der Waals surface area contributed by atoms with Crippen LogP contribution >= 0.6 is 0 Å². The quantitative estimate of drug-likeness (QED) is 0.457. The van der Waals surface area contributed by atoms with Gasteiger partial charge >= 0.3 is 0 Å². The number of para-hydroxylation sites is 1. The van der Waals surface area contributed by atoms with Gasteiger partial charge in [0.1, 0.15) is 0 Å². The number of rotatable bonds is 7. The Morgan fingerprint density at radius 2 is 2.10 bits per heavy atom. The number of nitrogens with zero attached hydrogens (tertiary/aromatic N) is 1. The second-order valence-corrected chi connectivity index (χ2v) is 5.18. The van der Waals surface area contributed by atoms with Gasteiger partial charge in [-0.25, -0.2) is 0 Å². The Hall–Kier alpha value is -2.21. The molecule has 0 saturated carbocycles. The van der Waals surface area contributed by atoms with Crippen LogP contribution in [0.3, 0.4) is 0 Å². The molecule has 1 aromatic rings. The van der Waals surface area contributed by atoms with Crippen LogP contribution in [0.5, 0.6) is 0 Å². The third-order valence-corrected chi connectivity index (χ3v) is 2.80. The summed E-state index contributed by atoms with van der Waals surface area (Å²) in [7, 11) is 0. The van der Waals surface area contributed by atoms with Crippen molar-refractivity contribution in [2.45, 2.75) is 26.4 Å². The van der Waals surface area contributed by atoms with Gasteiger partial charge in [-0.05, 0) is 24.5 Å². The van der Waals surface area contributed by atoms with Crippen LogP contribution in [0.25, 0.3) is 6.08 Å². The lowest BCUT2D eigenvalue weighted by atomic mass is 10.1. The SMILES string of the molecule is CC(C)CC(O)CNC(=O)/C=C/c1ccccc1[N+](=O)[O-]. The molecule has 21 heavy (non-hydrogen) atoms. The molecule has 1 amide bonds. The smallest absolute Gasteiger partial charge is 0.276 e. The maximum absolute atomic E-state index is 11.6. The van der Waals surface area contributed by atoms with Crippen LogP contribution in [0, 0.1) is 16.0 Å². The standard InChI is InChI=1S/C15H20N2O4/c1-11(2)9-13(18)10-16-15(19)8-7-12-5-3-4-6-14(12)17(20)21/h3-8,11,13,18H,9-10H2,1-2H3,(H,16,19)/b8-7+. The number of carbonyl (C=O) groups is 1. The predicted octanol–water partition coefficient (Wildman–Crippen LogP) is 2.13. The van der Waals surface area contributed by atoms with Crippen LogP contribution in [0.2, 0.25) is 0 Å². The summed E-state index contributed by atoms with van der Waals surface area (Å²) in [6, 6.07) is 6.17. The predicted molar refractivity (Wildman–Crippen MR) is 80.6 cm³/mol. The monoisotopic (exact) mass is 292 g/mol. The lowest BCUT2D eigenvalue weighted by Gasteiger charge is -2.12. The van der Waals surface area contributed by atoms with E-state index in [4.69, 9.17) is 0 Å². The minimum atomic E-state index is -0.589. The van der Waals surface area contributed by atoms with E-state index in [1.165, 1.54) is 18.2 Å². The fourth-order valence-electron chi connectivity index (χ4n) is 1.87. The maximum atomic E-state index is 11.6. The number of aliphatic hydroxyl groups excluding tert-OH is 1. The van der Waals surface area contributed by atoms with Crippen molar-refractivity contribution in [2.24, 2.45) is 5.92 Å². The van der Waals surface area contributed by atoms with Gasteiger partial charge in [0, 0.05) is 18.7 Å². The maximum Gasteiger partial charge on any atom is 0.276 e. The minimum Gasteiger partial charge on any atom is -0.391 e. The van der Waals surface area contributed by atoms with Crippen molar-refractivity contribution in [3.8, 4) is 0 Å². The average molecular weight is 292 g/mol. The van der Waals surface area contributed by atoms with E-state index in [-0.39, 0.29) is 12.2 Å². The Kier molecular flexibility index (Phi) is 6.55. The molecule has 114 valence electrons. The van der Waals surface area contributed by atoms with Gasteiger partial charge in [-0.3, -0.25) is 14.9 Å². The third-order valence-electron chi connectivity index (χ3n) is 2.80. The lowest BCUT2D eigenvalue weighted by molar-refractivity contribution is -0.385. The van der Waals surface area contributed by atoms with Crippen LogP contribution in [0.1, 0.15) is 25.8 Å². The zero-order chi connectivity index (χ0) is 15.8. The number of nitrogens with one attached hydrogen (secondary N) is 1. The first kappa shape index (κ1) is 16.8. The largest absolute Gasteiger partial charge is 0.391 e. The van der Waals surface area contributed by atoms with Gasteiger partial charge in [-0.1, -0.05) is 26.0 Å². The van der Waals surface area contributed by atoms with E-state index < -0.39 is 16.9 Å². The molecule has 0 bridgehead atoms. The topological polar surface area (TPSA) is 92.5 Å². The molecule has 1 aromatic carbocycles. The zero-order valence-corrected chi connectivity index (χ0v) is 12.2. The summed E-state index contributed by atoms with van der Waals surface area (Å²) >= 11 is 0. The summed E-state index contributed by atoms with van der Waals surface area (Å²) in [5.41, 5.74) is 0.307. The first-order chi connectivity index (χ1) is 9.90. The highest BCUT2D eigenvalue weighted by molar-refractivity contribution is 5.92. The summed E-state index contributed by atoms with van der Waals surface area (Å²) in [5, 5.41) is 23.0. The molecule has 2 N–H and O–H groups in total. The Balaban J connectivity index is 2.57. The molecule has 6 nitrogen and oxygen atoms in total. The molecular weight excluding hydrogens is 272 g/mol. The number of nitro groups is 1. The van der Waals surface area contributed by atoms with Crippen molar-refractivity contribution in [1.29, 1.82) is 0 Å². The fraction of sp³-hybridized carbons (Fsp3) is 0.400. The van der Waals surface area contributed by atoms with Crippen LogP contribution in [0.15, 0.2) is 30.3 Å². The van der Waals surface area contributed by atoms with E-state index in [1.807, 2.05) is 13.8 Å². The van der Waals surface area contributed by atoms with E-state index in [0.29, 0.717) is 17.9 Å². The van der Waals surface area contributed by atoms with Gasteiger partial charge in [0.25, 0.3) is 5.69 Å². The molecule has 0 aliphatic rings. The lowest BCUT2D eigenvalue weighted by Crippen LogP contribution is -2.31. The molecule has 0 aliphatic carbocycles. The summed E-state index contributed by atoms with van der Waals surface area (Å²) in [4.78, 5) is 21.9. The van der Waals surface area contributed by atoms with Crippen molar-refractivity contribution in [3.63, 3.8) is 0 Å². The second kappa shape index (κ2) is 8.16. The van der Waals surface area contributed by atoms with Gasteiger partial charge in [-0.15, -0.1) is 0 Å². The number of benzene rings is 1. The fourth-order valence-corrected chi connectivity index (χ4v) is 1.87. The number of hydrogen-bond acceptors (Lipinski definition) is 4. The van der Waals surface area contributed by atoms with E-state index in [1.54, 1.807) is 18.2 Å². The first-order valence-corrected chi connectivity index (χ1v) is 6.77. The average Bonchev–Trinajstić information content (AvgIpc) is 2.42. The Labute approximate surface area is 123 Å². The number of amides is 1. The number of nitro benzene ring substituents is 1. The van der Waals surface area contributed by atoms with Crippen LogP contribution < -0.4 is 5.32 Å². The number of hydrogen-bond donors (Lipinski definition) is 2. The zero-order valence-electron chi connectivity index (χ0n) is 12.2. The van der Waals surface area contributed by atoms with Crippen molar-refractivity contribution in [3.05, 3.63) is 46.0 Å². The summed E-state index contributed by atoms with van der Waals surface area (Å²) in [5.74, 6) is -0.0460. The molecule has 0 aromatic heterocycles. The summed E-state index contributed by atoms with van der Waals surface area (Å²) in [6.45, 7) is 4.14. The van der Waals surface area contributed by atoms with Crippen molar-refractivity contribution in [1.82, 2.24) is 5.32 Å². The highest BCUT2D eigenvalue weighted by Gasteiger charge is 2.10. The van der Waals surface area contributed by atoms with E-state index in [2.05, 4.69) is 5.32 Å². The highest BCUT2D eigenvalue weighted by atomic mass is 16.6. The molecule has 0 saturated heterocycles. The molecule has 1 atom stereocenters. The van der Waals surface area contributed by atoms with E-state index >= 15 is 0 Å². The van der Waals surface area contributed by atoms with Gasteiger partial charge in [-0.2, -0.15) is 0 Å². The summed E-state index contributed by atoms with van der Waals surface area (Å²) < 4.78 is 0. The Morgan fingerprint density at radius 1 is 1.43 bits per heavy atom. The molecule has 0 fully saturated rings. The Bertz CT molecular complexity index is 526. The molecule has 0 spiro atoms. The van der Waals surface area contributed by atoms with E-state index in [0.717, 1.165) is 0 Å². The van der Waals surface area contributed by atoms with Crippen LogP contribution in [-0.2, 0) is 4.79 Å². The molecule has 0 radical (unpaired) electrons. The molecule has 1 unspecified atom stereocenters.